The average molecular weight is 444 g/mol. The molecule has 1 fully saturated rings. The highest BCUT2D eigenvalue weighted by Gasteiger charge is 2.26. The molecule has 4 rings (SSSR count). The van der Waals surface area contributed by atoms with Gasteiger partial charge in [-0.2, -0.15) is 0 Å². The molecule has 1 aliphatic rings. The van der Waals surface area contributed by atoms with Crippen molar-refractivity contribution in [3.63, 3.8) is 0 Å². The van der Waals surface area contributed by atoms with E-state index < -0.39 is 0 Å². The van der Waals surface area contributed by atoms with Crippen molar-refractivity contribution in [1.82, 2.24) is 15.2 Å². The Morgan fingerprint density at radius 3 is 2.50 bits per heavy atom. The van der Waals surface area contributed by atoms with Crippen molar-refractivity contribution in [2.45, 2.75) is 13.0 Å². The quantitative estimate of drug-likeness (QED) is 0.552. The second-order valence-electron chi connectivity index (χ2n) is 7.61. The standard InChI is InChI=1S/C23H29N3O6/c1-14-5-6-18(32-14)17(26-7-9-31-10-8-26)13-24-23(27)16-11-15-19(28-2)12-20(29-3)22(30-4)21(15)25-16/h5-6,11-12,17,25H,7-10,13H2,1-4H3,(H,24,27). The summed E-state index contributed by atoms with van der Waals surface area (Å²) in [4.78, 5) is 18.5. The fourth-order valence-corrected chi connectivity index (χ4v) is 4.07. The Morgan fingerprint density at radius 1 is 1.12 bits per heavy atom. The van der Waals surface area contributed by atoms with Crippen LogP contribution in [0.25, 0.3) is 10.9 Å². The zero-order valence-corrected chi connectivity index (χ0v) is 18.8. The van der Waals surface area contributed by atoms with Crippen LogP contribution in [0.3, 0.4) is 0 Å². The van der Waals surface area contributed by atoms with Crippen LogP contribution in [0.5, 0.6) is 17.2 Å². The number of hydrogen-bond donors (Lipinski definition) is 2. The third-order valence-electron chi connectivity index (χ3n) is 5.72. The Morgan fingerprint density at radius 2 is 1.88 bits per heavy atom. The van der Waals surface area contributed by atoms with Crippen LogP contribution < -0.4 is 19.5 Å². The maximum Gasteiger partial charge on any atom is 0.267 e. The smallest absolute Gasteiger partial charge is 0.267 e. The van der Waals surface area contributed by atoms with E-state index in [-0.39, 0.29) is 11.9 Å². The molecule has 0 bridgehead atoms. The zero-order valence-electron chi connectivity index (χ0n) is 18.8. The van der Waals surface area contributed by atoms with Crippen molar-refractivity contribution in [2.75, 3.05) is 54.2 Å². The SMILES string of the molecule is COc1cc(OC)c2cc(C(=O)NCC(c3ccc(C)o3)N3CCOCC3)[nH]c2c1OC. The predicted molar refractivity (Wildman–Crippen MR) is 119 cm³/mol. The molecule has 1 aromatic carbocycles. The number of aromatic nitrogens is 1. The van der Waals surface area contributed by atoms with Crippen molar-refractivity contribution in [3.05, 3.63) is 41.5 Å². The van der Waals surface area contributed by atoms with E-state index in [2.05, 4.69) is 15.2 Å². The molecule has 2 N–H and O–H groups in total. The van der Waals surface area contributed by atoms with Gasteiger partial charge in [0.05, 0.1) is 46.1 Å². The minimum Gasteiger partial charge on any atom is -0.496 e. The lowest BCUT2D eigenvalue weighted by molar-refractivity contribution is 0.0117. The third-order valence-corrected chi connectivity index (χ3v) is 5.72. The van der Waals surface area contributed by atoms with Crippen LogP contribution in [0, 0.1) is 6.92 Å². The fourth-order valence-electron chi connectivity index (χ4n) is 4.07. The Kier molecular flexibility index (Phi) is 6.57. The van der Waals surface area contributed by atoms with E-state index in [1.807, 2.05) is 19.1 Å². The summed E-state index contributed by atoms with van der Waals surface area (Å²) < 4.78 is 27.8. The first kappa shape index (κ1) is 22.0. The van der Waals surface area contributed by atoms with E-state index in [0.717, 1.165) is 30.0 Å². The van der Waals surface area contributed by atoms with Crippen LogP contribution in [0.15, 0.2) is 28.7 Å². The molecule has 0 spiro atoms. The number of nitrogens with one attached hydrogen (secondary N) is 2. The first-order chi connectivity index (χ1) is 15.5. The monoisotopic (exact) mass is 443 g/mol. The molecule has 1 unspecified atom stereocenters. The number of ether oxygens (including phenoxy) is 4. The number of benzene rings is 1. The van der Waals surface area contributed by atoms with Crippen molar-refractivity contribution < 1.29 is 28.2 Å². The van der Waals surface area contributed by atoms with Gasteiger partial charge < -0.3 is 33.7 Å². The van der Waals surface area contributed by atoms with Gasteiger partial charge in [0, 0.05) is 31.1 Å². The molecule has 9 heteroatoms. The summed E-state index contributed by atoms with van der Waals surface area (Å²) in [7, 11) is 4.69. The van der Waals surface area contributed by atoms with Crippen molar-refractivity contribution in [2.24, 2.45) is 0 Å². The minimum atomic E-state index is -0.231. The number of aromatic amines is 1. The third kappa shape index (κ3) is 4.26. The number of methoxy groups -OCH3 is 3. The number of carbonyl (C=O) groups excluding carboxylic acids is 1. The highest BCUT2D eigenvalue weighted by atomic mass is 16.5. The topological polar surface area (TPSA) is 98.2 Å². The first-order valence-corrected chi connectivity index (χ1v) is 10.5. The number of fused-ring (bicyclic) bond motifs is 1. The van der Waals surface area contributed by atoms with E-state index in [9.17, 15) is 4.79 Å². The van der Waals surface area contributed by atoms with Gasteiger partial charge in [-0.05, 0) is 25.1 Å². The van der Waals surface area contributed by atoms with E-state index in [1.54, 1.807) is 33.5 Å². The lowest BCUT2D eigenvalue weighted by atomic mass is 10.1. The number of nitrogens with zero attached hydrogens (tertiary/aromatic N) is 1. The van der Waals surface area contributed by atoms with E-state index >= 15 is 0 Å². The second kappa shape index (κ2) is 9.54. The van der Waals surface area contributed by atoms with Gasteiger partial charge in [-0.25, -0.2) is 0 Å². The molecule has 0 saturated carbocycles. The van der Waals surface area contributed by atoms with E-state index in [0.29, 0.717) is 48.2 Å². The largest absolute Gasteiger partial charge is 0.496 e. The second-order valence-corrected chi connectivity index (χ2v) is 7.61. The maximum atomic E-state index is 13.1. The Labute approximate surface area is 186 Å². The summed E-state index contributed by atoms with van der Waals surface area (Å²) in [5.74, 6) is 3.06. The number of rotatable bonds is 8. The normalized spacial score (nSPS) is 15.5. The van der Waals surface area contributed by atoms with Gasteiger partial charge in [-0.15, -0.1) is 0 Å². The fraction of sp³-hybridized carbons (Fsp3) is 0.435. The number of hydrogen-bond acceptors (Lipinski definition) is 7. The molecule has 3 heterocycles. The van der Waals surface area contributed by atoms with Gasteiger partial charge in [-0.3, -0.25) is 9.69 Å². The summed E-state index contributed by atoms with van der Waals surface area (Å²) in [6.45, 7) is 5.19. The van der Waals surface area contributed by atoms with Crippen LogP contribution in [0.2, 0.25) is 0 Å². The average Bonchev–Trinajstić information content (AvgIpc) is 3.45. The highest BCUT2D eigenvalue weighted by Crippen LogP contribution is 2.41. The lowest BCUT2D eigenvalue weighted by Crippen LogP contribution is -2.43. The first-order valence-electron chi connectivity index (χ1n) is 10.5. The van der Waals surface area contributed by atoms with E-state index in [4.69, 9.17) is 23.4 Å². The number of carbonyl (C=O) groups is 1. The molecule has 1 aliphatic heterocycles. The Hall–Kier alpha value is -3.17. The Balaban J connectivity index is 1.58. The Bertz CT molecular complexity index is 1080. The molecule has 172 valence electrons. The minimum absolute atomic E-state index is 0.0786. The maximum absolute atomic E-state index is 13.1. The molecule has 3 aromatic rings. The number of aryl methyl sites for hydroxylation is 1. The molecule has 1 amide bonds. The molecule has 2 aromatic heterocycles. The predicted octanol–water partition coefficient (Wildman–Crippen LogP) is 2.90. The van der Waals surface area contributed by atoms with Crippen molar-refractivity contribution in [1.29, 1.82) is 0 Å². The molecule has 1 saturated heterocycles. The van der Waals surface area contributed by atoms with Crippen LogP contribution in [0.4, 0.5) is 0 Å². The molecular weight excluding hydrogens is 414 g/mol. The van der Waals surface area contributed by atoms with Gasteiger partial charge in [0.1, 0.15) is 23.0 Å². The number of morpholine rings is 1. The molecule has 0 aliphatic carbocycles. The van der Waals surface area contributed by atoms with Gasteiger partial charge in [0.25, 0.3) is 5.91 Å². The van der Waals surface area contributed by atoms with Crippen molar-refractivity contribution in [3.8, 4) is 17.2 Å². The van der Waals surface area contributed by atoms with E-state index in [1.165, 1.54) is 0 Å². The van der Waals surface area contributed by atoms with Crippen LogP contribution in [-0.2, 0) is 4.74 Å². The summed E-state index contributed by atoms with van der Waals surface area (Å²) in [6.07, 6.45) is 0. The summed E-state index contributed by atoms with van der Waals surface area (Å²) in [5, 5.41) is 3.78. The van der Waals surface area contributed by atoms with Gasteiger partial charge in [0.15, 0.2) is 11.5 Å². The molecule has 32 heavy (non-hydrogen) atoms. The van der Waals surface area contributed by atoms with Crippen LogP contribution in [0.1, 0.15) is 28.1 Å². The lowest BCUT2D eigenvalue weighted by Gasteiger charge is -2.33. The van der Waals surface area contributed by atoms with Gasteiger partial charge >= 0.3 is 0 Å². The summed E-state index contributed by atoms with van der Waals surface area (Å²) >= 11 is 0. The number of amides is 1. The zero-order chi connectivity index (χ0) is 22.7. The number of H-pyrrole nitrogens is 1. The summed E-state index contributed by atoms with van der Waals surface area (Å²) in [6, 6.07) is 7.32. The highest BCUT2D eigenvalue weighted by molar-refractivity contribution is 6.02. The van der Waals surface area contributed by atoms with Crippen LogP contribution in [-0.4, -0.2) is 70.0 Å². The molecule has 1 atom stereocenters. The molecule has 0 radical (unpaired) electrons. The van der Waals surface area contributed by atoms with Crippen LogP contribution >= 0.6 is 0 Å². The molecular formula is C23H29N3O6. The summed E-state index contributed by atoms with van der Waals surface area (Å²) in [5.41, 5.74) is 1.04. The van der Waals surface area contributed by atoms with Gasteiger partial charge in [0.2, 0.25) is 0 Å². The van der Waals surface area contributed by atoms with Crippen molar-refractivity contribution >= 4 is 16.8 Å². The molecule has 9 nitrogen and oxygen atoms in total. The number of furan rings is 1. The van der Waals surface area contributed by atoms with Gasteiger partial charge in [-0.1, -0.05) is 0 Å².